The van der Waals surface area contributed by atoms with Crippen LogP contribution in [0.5, 0.6) is 0 Å². The Morgan fingerprint density at radius 2 is 1.95 bits per heavy atom. The fourth-order valence-corrected chi connectivity index (χ4v) is 1.85. The van der Waals surface area contributed by atoms with Gasteiger partial charge in [-0.25, -0.2) is 0 Å². The normalized spacial score (nSPS) is 14.8. The lowest BCUT2D eigenvalue weighted by atomic mass is 9.96. The van der Waals surface area contributed by atoms with Crippen LogP contribution in [0.2, 0.25) is 5.02 Å². The maximum Gasteiger partial charge on any atom is 0.397 e. The van der Waals surface area contributed by atoms with Crippen molar-refractivity contribution in [1.82, 2.24) is 5.32 Å². The molecule has 1 aromatic rings. The summed E-state index contributed by atoms with van der Waals surface area (Å²) in [5.41, 5.74) is -1.21. The Hall–Kier alpha value is -1.27. The molecule has 0 heterocycles. The molecular formula is C12H13ClF3NO2. The number of benzene rings is 1. The van der Waals surface area contributed by atoms with Gasteiger partial charge < -0.3 is 10.4 Å². The molecule has 7 heteroatoms. The second-order valence-electron chi connectivity index (χ2n) is 4.32. The summed E-state index contributed by atoms with van der Waals surface area (Å²) in [5, 5.41) is 12.4. The molecule has 0 fully saturated rings. The van der Waals surface area contributed by atoms with Gasteiger partial charge in [-0.15, -0.1) is 0 Å². The highest BCUT2D eigenvalue weighted by Gasteiger charge is 2.32. The molecule has 0 aliphatic heterocycles. The number of hydrogen-bond donors (Lipinski definition) is 2. The molecule has 1 amide bonds. The number of carbonyl (C=O) groups excluding carboxylic acids is 1. The van der Waals surface area contributed by atoms with E-state index in [4.69, 9.17) is 11.6 Å². The minimum atomic E-state index is -4.57. The second kappa shape index (κ2) is 5.79. The van der Waals surface area contributed by atoms with Crippen LogP contribution in [0.3, 0.4) is 0 Å². The van der Waals surface area contributed by atoms with Gasteiger partial charge in [-0.3, -0.25) is 4.79 Å². The number of carbonyl (C=O) groups is 1. The van der Waals surface area contributed by atoms with E-state index in [1.165, 1.54) is 13.0 Å². The van der Waals surface area contributed by atoms with Gasteiger partial charge >= 0.3 is 6.18 Å². The monoisotopic (exact) mass is 295 g/mol. The van der Waals surface area contributed by atoms with Crippen LogP contribution in [0.1, 0.15) is 18.9 Å². The topological polar surface area (TPSA) is 49.3 Å². The largest absolute Gasteiger partial charge is 0.397 e. The molecule has 106 valence electrons. The quantitative estimate of drug-likeness (QED) is 0.897. The van der Waals surface area contributed by atoms with Gasteiger partial charge in [-0.05, 0) is 13.0 Å². The van der Waals surface area contributed by atoms with Crippen molar-refractivity contribution in [1.29, 1.82) is 0 Å². The van der Waals surface area contributed by atoms with Gasteiger partial charge in [-0.1, -0.05) is 29.8 Å². The fraction of sp³-hybridized carbons (Fsp3) is 0.417. The number of hydrogen-bond acceptors (Lipinski definition) is 2. The Labute approximate surface area is 113 Å². The number of rotatable bonds is 4. The zero-order valence-corrected chi connectivity index (χ0v) is 10.8. The van der Waals surface area contributed by atoms with Gasteiger partial charge in [0.2, 0.25) is 5.91 Å². The van der Waals surface area contributed by atoms with Gasteiger partial charge in [0.25, 0.3) is 0 Å². The summed E-state index contributed by atoms with van der Waals surface area (Å²) in [6.45, 7) is 1.01. The van der Waals surface area contributed by atoms with Crippen LogP contribution in [0.25, 0.3) is 0 Å². The summed E-state index contributed by atoms with van der Waals surface area (Å²) in [6, 6.07) is 6.37. The first-order valence-electron chi connectivity index (χ1n) is 5.43. The minimum absolute atomic E-state index is 0.276. The van der Waals surface area contributed by atoms with Gasteiger partial charge in [0.05, 0.1) is 6.54 Å². The predicted molar refractivity (Wildman–Crippen MR) is 64.7 cm³/mol. The number of alkyl halides is 3. The first-order chi connectivity index (χ1) is 8.62. The Kier molecular flexibility index (Phi) is 4.81. The molecule has 0 aliphatic rings. The highest BCUT2D eigenvalue weighted by Crippen LogP contribution is 2.27. The van der Waals surface area contributed by atoms with Crippen molar-refractivity contribution in [2.45, 2.75) is 25.1 Å². The molecule has 19 heavy (non-hydrogen) atoms. The standard InChI is InChI=1S/C12H13ClF3NO2/c1-11(19,8-4-2-3-5-9(8)13)7-17-10(18)6-12(14,15)16/h2-5,19H,6-7H2,1H3,(H,17,18)/t11-/m1/s1. The molecule has 0 spiro atoms. The van der Waals surface area contributed by atoms with Crippen molar-refractivity contribution in [2.24, 2.45) is 0 Å². The van der Waals surface area contributed by atoms with Gasteiger partial charge in [0, 0.05) is 10.6 Å². The van der Waals surface area contributed by atoms with Gasteiger partial charge in [0.1, 0.15) is 12.0 Å². The van der Waals surface area contributed by atoms with Crippen LogP contribution in [0, 0.1) is 0 Å². The van der Waals surface area contributed by atoms with Gasteiger partial charge in [-0.2, -0.15) is 13.2 Å². The SMILES string of the molecule is C[C@@](O)(CNC(=O)CC(F)(F)F)c1ccccc1Cl. The molecule has 0 saturated heterocycles. The molecule has 0 aliphatic carbocycles. The van der Waals surface area contributed by atoms with Crippen LogP contribution < -0.4 is 5.32 Å². The summed E-state index contributed by atoms with van der Waals surface area (Å²) in [6.07, 6.45) is -6.15. The average Bonchev–Trinajstić information content (AvgIpc) is 2.24. The van der Waals surface area contributed by atoms with E-state index >= 15 is 0 Å². The van der Waals surface area contributed by atoms with Crippen LogP contribution >= 0.6 is 11.6 Å². The van der Waals surface area contributed by atoms with Crippen molar-refractivity contribution in [2.75, 3.05) is 6.54 Å². The molecule has 1 atom stereocenters. The smallest absolute Gasteiger partial charge is 0.384 e. The Balaban J connectivity index is 2.66. The van der Waals surface area contributed by atoms with E-state index in [9.17, 15) is 23.1 Å². The zero-order valence-electron chi connectivity index (χ0n) is 10.1. The fourth-order valence-electron chi connectivity index (χ4n) is 1.51. The van der Waals surface area contributed by atoms with Crippen LogP contribution in [-0.4, -0.2) is 23.7 Å². The Morgan fingerprint density at radius 3 is 2.47 bits per heavy atom. The first kappa shape index (κ1) is 15.8. The molecule has 2 N–H and O–H groups in total. The third-order valence-corrected chi connectivity index (χ3v) is 2.77. The van der Waals surface area contributed by atoms with Crippen LogP contribution in [-0.2, 0) is 10.4 Å². The number of nitrogens with one attached hydrogen (secondary N) is 1. The van der Waals surface area contributed by atoms with Crippen LogP contribution in [0.4, 0.5) is 13.2 Å². The third kappa shape index (κ3) is 5.08. The second-order valence-corrected chi connectivity index (χ2v) is 4.73. The highest BCUT2D eigenvalue weighted by atomic mass is 35.5. The average molecular weight is 296 g/mol. The van der Waals surface area contributed by atoms with E-state index in [2.05, 4.69) is 0 Å². The lowest BCUT2D eigenvalue weighted by molar-refractivity contribution is -0.154. The molecule has 0 saturated carbocycles. The Bertz CT molecular complexity index is 461. The molecule has 0 unspecified atom stereocenters. The summed E-state index contributed by atoms with van der Waals surface area (Å²) in [4.78, 5) is 11.0. The predicted octanol–water partition coefficient (Wildman–Crippen LogP) is 2.62. The molecule has 0 bridgehead atoms. The van der Waals surface area contributed by atoms with Crippen LogP contribution in [0.15, 0.2) is 24.3 Å². The highest BCUT2D eigenvalue weighted by molar-refractivity contribution is 6.31. The maximum atomic E-state index is 12.0. The van der Waals surface area contributed by atoms with E-state index < -0.39 is 24.1 Å². The summed E-state index contributed by atoms with van der Waals surface area (Å²) >= 11 is 5.88. The molecule has 0 aromatic heterocycles. The zero-order chi connectivity index (χ0) is 14.7. The first-order valence-corrected chi connectivity index (χ1v) is 5.80. The lowest BCUT2D eigenvalue weighted by Gasteiger charge is -2.25. The maximum absolute atomic E-state index is 12.0. The van der Waals surface area contributed by atoms with E-state index in [0.717, 1.165) is 0 Å². The molecule has 1 rings (SSSR count). The lowest BCUT2D eigenvalue weighted by Crippen LogP contribution is -2.40. The molecular weight excluding hydrogens is 283 g/mol. The van der Waals surface area contributed by atoms with Crippen molar-refractivity contribution in [3.8, 4) is 0 Å². The minimum Gasteiger partial charge on any atom is -0.384 e. The van der Waals surface area contributed by atoms with Crippen molar-refractivity contribution < 1.29 is 23.1 Å². The summed E-state index contributed by atoms with van der Waals surface area (Å²) in [5.74, 6) is -1.19. The summed E-state index contributed by atoms with van der Waals surface area (Å²) in [7, 11) is 0. The van der Waals surface area contributed by atoms with Gasteiger partial charge in [0.15, 0.2) is 0 Å². The van der Waals surface area contributed by atoms with E-state index in [1.807, 2.05) is 5.32 Å². The van der Waals surface area contributed by atoms with Crippen molar-refractivity contribution in [3.63, 3.8) is 0 Å². The number of halogens is 4. The number of aliphatic hydroxyl groups is 1. The van der Waals surface area contributed by atoms with Crippen molar-refractivity contribution >= 4 is 17.5 Å². The van der Waals surface area contributed by atoms with Crippen molar-refractivity contribution in [3.05, 3.63) is 34.9 Å². The van der Waals surface area contributed by atoms with E-state index in [1.54, 1.807) is 18.2 Å². The molecule has 3 nitrogen and oxygen atoms in total. The van der Waals surface area contributed by atoms with E-state index in [0.29, 0.717) is 5.56 Å². The number of amides is 1. The summed E-state index contributed by atoms with van der Waals surface area (Å²) < 4.78 is 35.9. The molecule has 0 radical (unpaired) electrons. The molecule has 1 aromatic carbocycles. The third-order valence-electron chi connectivity index (χ3n) is 2.44. The Morgan fingerprint density at radius 1 is 1.37 bits per heavy atom. The van der Waals surface area contributed by atoms with E-state index in [-0.39, 0.29) is 11.6 Å².